The Kier molecular flexibility index (Phi) is 7.67. The summed E-state index contributed by atoms with van der Waals surface area (Å²) in [5.41, 5.74) is 0.994. The number of carbonyl (C=O) groups excluding carboxylic acids is 2. The van der Waals surface area contributed by atoms with E-state index in [-0.39, 0.29) is 29.0 Å². The Morgan fingerprint density at radius 1 is 1.56 bits per heavy atom. The van der Waals surface area contributed by atoms with E-state index in [1.165, 1.54) is 18.7 Å². The molecule has 1 saturated heterocycles. The molecule has 3 unspecified atom stereocenters. The molecule has 2 rings (SSSR count). The highest BCUT2D eigenvalue weighted by Gasteiger charge is 2.39. The maximum absolute atomic E-state index is 12.3. The van der Waals surface area contributed by atoms with E-state index < -0.39 is 6.04 Å². The van der Waals surface area contributed by atoms with Crippen LogP contribution in [0.5, 0.6) is 0 Å². The zero-order valence-electron chi connectivity index (χ0n) is 14.6. The molecule has 1 aromatic heterocycles. The number of nitrogens with zero attached hydrogens (tertiary/aromatic N) is 2. The highest BCUT2D eigenvalue weighted by Crippen LogP contribution is 2.31. The Labute approximate surface area is 152 Å². The first kappa shape index (κ1) is 19.7. The summed E-state index contributed by atoms with van der Waals surface area (Å²) in [7, 11) is 1.65. The van der Waals surface area contributed by atoms with Gasteiger partial charge in [-0.05, 0) is 18.8 Å². The quantitative estimate of drug-likeness (QED) is 0.526. The molecular formula is C17H25N3O4S. The summed E-state index contributed by atoms with van der Waals surface area (Å²) in [5.74, 6) is -0.203. The molecule has 1 N–H and O–H groups in total. The number of ether oxygens (including phenoxy) is 2. The van der Waals surface area contributed by atoms with Gasteiger partial charge in [0.1, 0.15) is 12.6 Å². The lowest BCUT2D eigenvalue weighted by Gasteiger charge is -2.18. The van der Waals surface area contributed by atoms with Gasteiger partial charge < -0.3 is 14.0 Å². The molecule has 0 saturated carbocycles. The Hall–Kier alpha value is -1.64. The zero-order chi connectivity index (χ0) is 18.2. The van der Waals surface area contributed by atoms with Gasteiger partial charge in [0.05, 0.1) is 30.2 Å². The van der Waals surface area contributed by atoms with Gasteiger partial charge in [0.15, 0.2) is 5.12 Å². The van der Waals surface area contributed by atoms with E-state index in [1.54, 1.807) is 25.7 Å². The maximum atomic E-state index is 12.3. The van der Waals surface area contributed by atoms with Gasteiger partial charge in [-0.3, -0.25) is 14.9 Å². The van der Waals surface area contributed by atoms with Crippen molar-refractivity contribution in [2.45, 2.75) is 44.3 Å². The van der Waals surface area contributed by atoms with Crippen molar-refractivity contribution in [2.75, 3.05) is 13.7 Å². The topological polar surface area (TPSA) is 82.5 Å². The van der Waals surface area contributed by atoms with Gasteiger partial charge in [-0.1, -0.05) is 24.4 Å². The fourth-order valence-corrected chi connectivity index (χ4v) is 3.95. The van der Waals surface area contributed by atoms with Crippen LogP contribution in [-0.2, 0) is 32.2 Å². The Balaban J connectivity index is 2.00. The van der Waals surface area contributed by atoms with Crippen LogP contribution in [0.3, 0.4) is 0 Å². The van der Waals surface area contributed by atoms with Crippen LogP contribution in [-0.4, -0.2) is 45.8 Å². The molecule has 0 bridgehead atoms. The van der Waals surface area contributed by atoms with Crippen LogP contribution in [0, 0.1) is 5.92 Å². The van der Waals surface area contributed by atoms with E-state index in [0.717, 1.165) is 25.1 Å². The molecule has 8 heteroatoms. The first-order chi connectivity index (χ1) is 12.0. The second-order valence-electron chi connectivity index (χ2n) is 5.96. The van der Waals surface area contributed by atoms with Gasteiger partial charge in [-0.25, -0.2) is 4.98 Å². The van der Waals surface area contributed by atoms with Crippen LogP contribution in [0.1, 0.15) is 25.5 Å². The molecule has 0 spiro atoms. The Morgan fingerprint density at radius 2 is 2.36 bits per heavy atom. The number of imidazole rings is 1. The number of hydrogen-bond acceptors (Lipinski definition) is 7. The summed E-state index contributed by atoms with van der Waals surface area (Å²) in [5, 5.41) is 3.21. The third-order valence-corrected chi connectivity index (χ3v) is 5.04. The fourth-order valence-electron chi connectivity index (χ4n) is 3.00. The molecule has 2 heterocycles. The van der Waals surface area contributed by atoms with Crippen molar-refractivity contribution >= 4 is 22.8 Å². The lowest BCUT2D eigenvalue weighted by atomic mass is 9.97. The zero-order valence-corrected chi connectivity index (χ0v) is 15.5. The lowest BCUT2D eigenvalue weighted by Crippen LogP contribution is -2.39. The monoisotopic (exact) mass is 367 g/mol. The van der Waals surface area contributed by atoms with E-state index in [9.17, 15) is 9.59 Å². The van der Waals surface area contributed by atoms with Crippen LogP contribution in [0.2, 0.25) is 0 Å². The number of aromatic nitrogens is 2. The highest BCUT2D eigenvalue weighted by atomic mass is 32.2. The molecule has 1 aliphatic rings. The SMILES string of the molecule is C=CCOC(=O)C1NC(SC(C)=O)CC1CCn1cncc1COC. The molecule has 1 fully saturated rings. The van der Waals surface area contributed by atoms with Crippen LogP contribution in [0.15, 0.2) is 25.2 Å². The van der Waals surface area contributed by atoms with E-state index in [1.807, 2.05) is 4.57 Å². The standard InChI is InChI=1S/C17H25N3O4S/c1-4-7-24-17(22)16-13(8-15(19-16)25-12(2)21)5-6-20-11-18-9-14(20)10-23-3/h4,9,11,13,15-16,19H,1,5-8,10H2,2-3H3. The fraction of sp³-hybridized carbons (Fsp3) is 0.588. The Bertz CT molecular complexity index is 604. The van der Waals surface area contributed by atoms with Gasteiger partial charge in [-0.15, -0.1) is 0 Å². The summed E-state index contributed by atoms with van der Waals surface area (Å²) in [6.45, 7) is 6.51. The number of carbonyl (C=O) groups is 2. The number of aryl methyl sites for hydroxylation is 1. The predicted octanol–water partition coefficient (Wildman–Crippen LogP) is 1.73. The van der Waals surface area contributed by atoms with Gasteiger partial charge in [0, 0.05) is 20.6 Å². The molecule has 1 aliphatic heterocycles. The van der Waals surface area contributed by atoms with Gasteiger partial charge in [-0.2, -0.15) is 0 Å². The average Bonchev–Trinajstić information content (AvgIpc) is 3.17. The summed E-state index contributed by atoms with van der Waals surface area (Å²) in [6, 6.07) is -0.411. The minimum atomic E-state index is -0.411. The second kappa shape index (κ2) is 9.74. The molecule has 25 heavy (non-hydrogen) atoms. The first-order valence-electron chi connectivity index (χ1n) is 8.24. The molecule has 3 atom stereocenters. The van der Waals surface area contributed by atoms with E-state index in [4.69, 9.17) is 9.47 Å². The van der Waals surface area contributed by atoms with Crippen molar-refractivity contribution in [2.24, 2.45) is 5.92 Å². The van der Waals surface area contributed by atoms with Crippen LogP contribution >= 0.6 is 11.8 Å². The van der Waals surface area contributed by atoms with Gasteiger partial charge in [0.25, 0.3) is 0 Å². The van der Waals surface area contributed by atoms with Crippen molar-refractivity contribution < 1.29 is 19.1 Å². The third kappa shape index (κ3) is 5.69. The van der Waals surface area contributed by atoms with Crippen molar-refractivity contribution in [3.63, 3.8) is 0 Å². The number of rotatable bonds is 9. The molecule has 0 aliphatic carbocycles. The smallest absolute Gasteiger partial charge is 0.323 e. The van der Waals surface area contributed by atoms with Crippen molar-refractivity contribution in [3.05, 3.63) is 30.9 Å². The number of methoxy groups -OCH3 is 1. The van der Waals surface area contributed by atoms with Crippen molar-refractivity contribution in [1.82, 2.24) is 14.9 Å². The predicted molar refractivity (Wildman–Crippen MR) is 95.8 cm³/mol. The number of hydrogen-bond donors (Lipinski definition) is 1. The average molecular weight is 367 g/mol. The minimum absolute atomic E-state index is 0.0355. The third-order valence-electron chi connectivity index (χ3n) is 4.09. The molecule has 0 amide bonds. The maximum Gasteiger partial charge on any atom is 0.323 e. The number of thioether (sulfide) groups is 1. The molecule has 0 radical (unpaired) electrons. The summed E-state index contributed by atoms with van der Waals surface area (Å²) >= 11 is 1.23. The van der Waals surface area contributed by atoms with Crippen molar-refractivity contribution in [3.8, 4) is 0 Å². The van der Waals surface area contributed by atoms with E-state index in [2.05, 4.69) is 16.9 Å². The number of nitrogens with one attached hydrogen (secondary N) is 1. The summed E-state index contributed by atoms with van der Waals surface area (Å²) in [4.78, 5) is 27.8. The lowest BCUT2D eigenvalue weighted by molar-refractivity contribution is -0.145. The van der Waals surface area contributed by atoms with Crippen LogP contribution < -0.4 is 5.32 Å². The summed E-state index contributed by atoms with van der Waals surface area (Å²) in [6.07, 6.45) is 6.62. The van der Waals surface area contributed by atoms with Crippen molar-refractivity contribution in [1.29, 1.82) is 0 Å². The largest absolute Gasteiger partial charge is 0.460 e. The molecule has 7 nitrogen and oxygen atoms in total. The van der Waals surface area contributed by atoms with Crippen LogP contribution in [0.4, 0.5) is 0 Å². The minimum Gasteiger partial charge on any atom is -0.460 e. The van der Waals surface area contributed by atoms with Crippen LogP contribution in [0.25, 0.3) is 0 Å². The number of esters is 1. The van der Waals surface area contributed by atoms with Gasteiger partial charge >= 0.3 is 5.97 Å². The van der Waals surface area contributed by atoms with E-state index in [0.29, 0.717) is 6.61 Å². The van der Waals surface area contributed by atoms with Gasteiger partial charge in [0.2, 0.25) is 0 Å². The Morgan fingerprint density at radius 3 is 3.04 bits per heavy atom. The molecule has 0 aromatic carbocycles. The summed E-state index contributed by atoms with van der Waals surface area (Å²) < 4.78 is 12.4. The normalized spacial score (nSPS) is 22.7. The second-order valence-corrected chi connectivity index (χ2v) is 7.34. The molecule has 1 aromatic rings. The molecular weight excluding hydrogens is 342 g/mol. The first-order valence-corrected chi connectivity index (χ1v) is 9.11. The molecule has 138 valence electrons. The highest BCUT2D eigenvalue weighted by molar-refractivity contribution is 8.14. The van der Waals surface area contributed by atoms with E-state index >= 15 is 0 Å².